The van der Waals surface area contributed by atoms with Crippen molar-refractivity contribution in [3.05, 3.63) is 18.1 Å². The molecule has 0 aliphatic heterocycles. The van der Waals surface area contributed by atoms with Crippen molar-refractivity contribution in [2.75, 3.05) is 5.32 Å². The molecule has 0 bridgehead atoms. The SMILES string of the molecule is C#Cc1cc(NC(C)C)ncn1. The molecule has 0 aromatic carbocycles. The highest BCUT2D eigenvalue weighted by Crippen LogP contribution is 2.03. The maximum atomic E-state index is 5.18. The minimum absolute atomic E-state index is 0.352. The van der Waals surface area contributed by atoms with Crippen LogP contribution in [-0.4, -0.2) is 16.0 Å². The van der Waals surface area contributed by atoms with Gasteiger partial charge in [0.1, 0.15) is 17.8 Å². The highest BCUT2D eigenvalue weighted by Gasteiger charge is 1.96. The third-order valence-corrected chi connectivity index (χ3v) is 1.25. The average Bonchev–Trinajstić information content (AvgIpc) is 2.03. The van der Waals surface area contributed by atoms with Crippen molar-refractivity contribution in [2.45, 2.75) is 19.9 Å². The first-order valence-corrected chi connectivity index (χ1v) is 3.77. The number of nitrogens with zero attached hydrogens (tertiary/aromatic N) is 2. The number of nitrogens with one attached hydrogen (secondary N) is 1. The second-order valence-electron chi connectivity index (χ2n) is 2.73. The molecule has 1 aromatic heterocycles. The fourth-order valence-corrected chi connectivity index (χ4v) is 0.811. The monoisotopic (exact) mass is 161 g/mol. The second kappa shape index (κ2) is 3.72. The van der Waals surface area contributed by atoms with E-state index in [9.17, 15) is 0 Å². The summed E-state index contributed by atoms with van der Waals surface area (Å²) in [5, 5.41) is 3.13. The molecule has 1 aromatic rings. The van der Waals surface area contributed by atoms with Gasteiger partial charge in [0.15, 0.2) is 0 Å². The Morgan fingerprint density at radius 2 is 2.25 bits per heavy atom. The minimum atomic E-state index is 0.352. The summed E-state index contributed by atoms with van der Waals surface area (Å²) < 4.78 is 0. The lowest BCUT2D eigenvalue weighted by Gasteiger charge is -2.07. The van der Waals surface area contributed by atoms with Gasteiger partial charge in [-0.25, -0.2) is 9.97 Å². The van der Waals surface area contributed by atoms with Gasteiger partial charge in [-0.2, -0.15) is 0 Å². The van der Waals surface area contributed by atoms with E-state index in [1.807, 2.05) is 13.8 Å². The van der Waals surface area contributed by atoms with E-state index in [0.29, 0.717) is 11.7 Å². The molecule has 0 amide bonds. The summed E-state index contributed by atoms with van der Waals surface area (Å²) in [6.07, 6.45) is 6.64. The van der Waals surface area contributed by atoms with E-state index in [-0.39, 0.29) is 0 Å². The fraction of sp³-hybridized carbons (Fsp3) is 0.333. The molecular weight excluding hydrogens is 150 g/mol. The Morgan fingerprint density at radius 1 is 1.50 bits per heavy atom. The number of aromatic nitrogens is 2. The van der Waals surface area contributed by atoms with E-state index in [0.717, 1.165) is 5.82 Å². The molecule has 0 radical (unpaired) electrons. The first-order chi connectivity index (χ1) is 5.72. The average molecular weight is 161 g/mol. The van der Waals surface area contributed by atoms with E-state index >= 15 is 0 Å². The first-order valence-electron chi connectivity index (χ1n) is 3.77. The van der Waals surface area contributed by atoms with Crippen LogP contribution in [0.2, 0.25) is 0 Å². The molecule has 0 saturated carbocycles. The van der Waals surface area contributed by atoms with Crippen molar-refractivity contribution in [3.63, 3.8) is 0 Å². The highest BCUT2D eigenvalue weighted by molar-refractivity contribution is 5.40. The van der Waals surface area contributed by atoms with Crippen LogP contribution >= 0.6 is 0 Å². The Balaban J connectivity index is 2.81. The van der Waals surface area contributed by atoms with Gasteiger partial charge in [-0.15, -0.1) is 6.42 Å². The Morgan fingerprint density at radius 3 is 2.83 bits per heavy atom. The Kier molecular flexibility index (Phi) is 2.65. The topological polar surface area (TPSA) is 37.8 Å². The van der Waals surface area contributed by atoms with Crippen LogP contribution in [0, 0.1) is 12.3 Å². The van der Waals surface area contributed by atoms with Crippen LogP contribution in [0.4, 0.5) is 5.82 Å². The van der Waals surface area contributed by atoms with Gasteiger partial charge in [-0.3, -0.25) is 0 Å². The summed E-state index contributed by atoms with van der Waals surface area (Å²) in [5.74, 6) is 3.22. The number of terminal acetylenes is 1. The molecule has 12 heavy (non-hydrogen) atoms. The summed E-state index contributed by atoms with van der Waals surface area (Å²) in [4.78, 5) is 7.89. The van der Waals surface area contributed by atoms with Gasteiger partial charge in [-0.1, -0.05) is 5.92 Å². The molecule has 1 N–H and O–H groups in total. The normalized spacial score (nSPS) is 9.50. The summed E-state index contributed by atoms with van der Waals surface area (Å²) >= 11 is 0. The van der Waals surface area contributed by atoms with Gasteiger partial charge >= 0.3 is 0 Å². The third-order valence-electron chi connectivity index (χ3n) is 1.25. The van der Waals surface area contributed by atoms with E-state index < -0.39 is 0 Å². The van der Waals surface area contributed by atoms with Crippen LogP contribution in [-0.2, 0) is 0 Å². The van der Waals surface area contributed by atoms with Crippen LogP contribution in [0.25, 0.3) is 0 Å². The molecule has 0 fully saturated rings. The Bertz CT molecular complexity index is 299. The zero-order chi connectivity index (χ0) is 8.97. The number of hydrogen-bond donors (Lipinski definition) is 1. The maximum absolute atomic E-state index is 5.18. The van der Waals surface area contributed by atoms with Gasteiger partial charge in [-0.05, 0) is 13.8 Å². The molecule has 62 valence electrons. The number of anilines is 1. The summed E-state index contributed by atoms with van der Waals surface area (Å²) in [6.45, 7) is 4.08. The predicted octanol–water partition coefficient (Wildman–Crippen LogP) is 1.28. The van der Waals surface area contributed by atoms with Crippen LogP contribution in [0.15, 0.2) is 12.4 Å². The zero-order valence-electron chi connectivity index (χ0n) is 7.20. The molecule has 0 aliphatic carbocycles. The van der Waals surface area contributed by atoms with Crippen LogP contribution in [0.5, 0.6) is 0 Å². The van der Waals surface area contributed by atoms with Crippen LogP contribution < -0.4 is 5.32 Å². The fourth-order valence-electron chi connectivity index (χ4n) is 0.811. The molecule has 3 heteroatoms. The van der Waals surface area contributed by atoms with Gasteiger partial charge < -0.3 is 5.32 Å². The molecule has 0 aliphatic rings. The summed E-state index contributed by atoms with van der Waals surface area (Å²) in [6, 6.07) is 2.10. The quantitative estimate of drug-likeness (QED) is 0.664. The van der Waals surface area contributed by atoms with Gasteiger partial charge in [0, 0.05) is 12.1 Å². The molecule has 0 unspecified atom stereocenters. The van der Waals surface area contributed by atoms with Crippen molar-refractivity contribution in [1.29, 1.82) is 0 Å². The lowest BCUT2D eigenvalue weighted by atomic mass is 10.3. The van der Waals surface area contributed by atoms with E-state index in [4.69, 9.17) is 6.42 Å². The largest absolute Gasteiger partial charge is 0.368 e. The zero-order valence-corrected chi connectivity index (χ0v) is 7.20. The number of hydrogen-bond acceptors (Lipinski definition) is 3. The first kappa shape index (κ1) is 8.54. The van der Waals surface area contributed by atoms with Crippen molar-refractivity contribution < 1.29 is 0 Å². The molecule has 0 saturated heterocycles. The highest BCUT2D eigenvalue weighted by atomic mass is 15.0. The van der Waals surface area contributed by atoms with Gasteiger partial charge in [0.25, 0.3) is 0 Å². The van der Waals surface area contributed by atoms with Crippen LogP contribution in [0.1, 0.15) is 19.5 Å². The van der Waals surface area contributed by atoms with Crippen molar-refractivity contribution in [1.82, 2.24) is 9.97 Å². The van der Waals surface area contributed by atoms with Gasteiger partial charge in [0.2, 0.25) is 0 Å². The van der Waals surface area contributed by atoms with Crippen molar-refractivity contribution in [2.24, 2.45) is 0 Å². The van der Waals surface area contributed by atoms with E-state index in [1.165, 1.54) is 6.33 Å². The Hall–Kier alpha value is -1.56. The lowest BCUT2D eigenvalue weighted by molar-refractivity contribution is 0.885. The lowest BCUT2D eigenvalue weighted by Crippen LogP contribution is -2.11. The van der Waals surface area contributed by atoms with E-state index in [1.54, 1.807) is 6.07 Å². The van der Waals surface area contributed by atoms with Crippen molar-refractivity contribution >= 4 is 5.82 Å². The van der Waals surface area contributed by atoms with Crippen molar-refractivity contribution in [3.8, 4) is 12.3 Å². The smallest absolute Gasteiger partial charge is 0.130 e. The maximum Gasteiger partial charge on any atom is 0.130 e. The van der Waals surface area contributed by atoms with Gasteiger partial charge in [0.05, 0.1) is 0 Å². The molecular formula is C9H11N3. The summed E-state index contributed by atoms with van der Waals surface area (Å²) in [5.41, 5.74) is 0.605. The molecule has 1 heterocycles. The molecule has 3 nitrogen and oxygen atoms in total. The predicted molar refractivity (Wildman–Crippen MR) is 48.7 cm³/mol. The Labute approximate surface area is 72.2 Å². The van der Waals surface area contributed by atoms with E-state index in [2.05, 4.69) is 21.2 Å². The van der Waals surface area contributed by atoms with Crippen LogP contribution in [0.3, 0.4) is 0 Å². The standard InChI is InChI=1S/C9H11N3/c1-4-8-5-9(11-6-10-8)12-7(2)3/h1,5-7H,2-3H3,(H,10,11,12). The minimum Gasteiger partial charge on any atom is -0.368 e. The number of rotatable bonds is 2. The third kappa shape index (κ3) is 2.24. The summed E-state index contributed by atoms with van der Waals surface area (Å²) in [7, 11) is 0. The molecule has 1 rings (SSSR count). The molecule has 0 spiro atoms. The molecule has 0 atom stereocenters. The second-order valence-corrected chi connectivity index (χ2v) is 2.73.